The summed E-state index contributed by atoms with van der Waals surface area (Å²) in [6.07, 6.45) is 4.41. The van der Waals surface area contributed by atoms with Crippen LogP contribution in [0.25, 0.3) is 0 Å². The van der Waals surface area contributed by atoms with E-state index >= 15 is 0 Å². The molecule has 0 bridgehead atoms. The number of nitrogens with zero attached hydrogens (tertiary/aromatic N) is 2. The predicted molar refractivity (Wildman–Crippen MR) is 93.5 cm³/mol. The van der Waals surface area contributed by atoms with Crippen LogP contribution < -0.4 is 5.32 Å². The van der Waals surface area contributed by atoms with Crippen LogP contribution in [0.15, 0.2) is 53.7 Å². The molecule has 7 heteroatoms. The van der Waals surface area contributed by atoms with Crippen LogP contribution in [0.1, 0.15) is 18.5 Å². The molecule has 0 aliphatic heterocycles. The van der Waals surface area contributed by atoms with Crippen LogP contribution in [0, 0.1) is 0 Å². The fourth-order valence-electron chi connectivity index (χ4n) is 2.25. The first-order valence-corrected chi connectivity index (χ1v) is 9.36. The number of pyridine rings is 1. The molecular formula is C17H21N3O3S. The Labute approximate surface area is 142 Å². The van der Waals surface area contributed by atoms with Crippen LogP contribution >= 0.6 is 0 Å². The average molecular weight is 347 g/mol. The molecule has 0 aliphatic carbocycles. The molecule has 0 spiro atoms. The Morgan fingerprint density at radius 3 is 2.29 bits per heavy atom. The average Bonchev–Trinajstić information content (AvgIpc) is 2.54. The van der Waals surface area contributed by atoms with Crippen molar-refractivity contribution in [3.05, 3.63) is 54.4 Å². The monoisotopic (exact) mass is 347 g/mol. The summed E-state index contributed by atoms with van der Waals surface area (Å²) < 4.78 is 23.0. The maximum atomic E-state index is 12.1. The zero-order valence-electron chi connectivity index (χ0n) is 13.9. The number of likely N-dealkylation sites (N-methyl/N-ethyl adjacent to an activating group) is 1. The lowest BCUT2D eigenvalue weighted by molar-refractivity contribution is -0.117. The van der Waals surface area contributed by atoms with Gasteiger partial charge in [-0.05, 0) is 43.8 Å². The van der Waals surface area contributed by atoms with Crippen molar-refractivity contribution in [2.75, 3.05) is 25.2 Å². The number of benzene rings is 1. The van der Waals surface area contributed by atoms with Gasteiger partial charge in [0.25, 0.3) is 0 Å². The van der Waals surface area contributed by atoms with Crippen LogP contribution in [0.4, 0.5) is 5.69 Å². The molecule has 1 amide bonds. The lowest BCUT2D eigenvalue weighted by Crippen LogP contribution is -2.32. The zero-order chi connectivity index (χ0) is 17.7. The second-order valence-electron chi connectivity index (χ2n) is 5.72. The van der Waals surface area contributed by atoms with Gasteiger partial charge in [-0.1, -0.05) is 12.1 Å². The van der Waals surface area contributed by atoms with Crippen LogP contribution in [0.5, 0.6) is 0 Å². The van der Waals surface area contributed by atoms with Crippen LogP contribution in [0.2, 0.25) is 0 Å². The van der Waals surface area contributed by atoms with Gasteiger partial charge in [0.1, 0.15) is 0 Å². The van der Waals surface area contributed by atoms with Crippen molar-refractivity contribution >= 4 is 21.4 Å². The van der Waals surface area contributed by atoms with Gasteiger partial charge in [0.15, 0.2) is 9.84 Å². The summed E-state index contributed by atoms with van der Waals surface area (Å²) in [5.41, 5.74) is 1.65. The molecule has 6 nitrogen and oxygen atoms in total. The van der Waals surface area contributed by atoms with Gasteiger partial charge < -0.3 is 5.32 Å². The van der Waals surface area contributed by atoms with Gasteiger partial charge in [0.05, 0.1) is 11.4 Å². The molecule has 24 heavy (non-hydrogen) atoms. The second kappa shape index (κ2) is 7.55. The Morgan fingerprint density at radius 2 is 1.75 bits per heavy atom. The number of rotatable bonds is 6. The van der Waals surface area contributed by atoms with Crippen molar-refractivity contribution in [2.45, 2.75) is 17.9 Å². The van der Waals surface area contributed by atoms with E-state index in [-0.39, 0.29) is 23.4 Å². The molecule has 1 aromatic carbocycles. The third kappa shape index (κ3) is 4.87. The summed E-state index contributed by atoms with van der Waals surface area (Å²) in [6.45, 7) is 2.19. The number of aromatic nitrogens is 1. The van der Waals surface area contributed by atoms with Crippen LogP contribution in [0.3, 0.4) is 0 Å². The molecular weight excluding hydrogens is 326 g/mol. The van der Waals surface area contributed by atoms with E-state index in [1.165, 1.54) is 6.26 Å². The number of anilines is 1. The number of sulfone groups is 1. The van der Waals surface area contributed by atoms with Crippen molar-refractivity contribution in [3.8, 4) is 0 Å². The Balaban J connectivity index is 1.98. The minimum atomic E-state index is -3.20. The van der Waals surface area contributed by atoms with Gasteiger partial charge in [-0.3, -0.25) is 14.7 Å². The van der Waals surface area contributed by atoms with Crippen molar-refractivity contribution in [2.24, 2.45) is 0 Å². The Morgan fingerprint density at radius 1 is 1.17 bits per heavy atom. The summed E-state index contributed by atoms with van der Waals surface area (Å²) in [4.78, 5) is 18.2. The molecule has 0 aliphatic rings. The van der Waals surface area contributed by atoms with E-state index in [0.29, 0.717) is 5.69 Å². The highest BCUT2D eigenvalue weighted by molar-refractivity contribution is 7.90. The number of carbonyl (C=O) groups excluding carboxylic acids is 1. The molecule has 0 saturated carbocycles. The number of hydrogen-bond donors (Lipinski definition) is 1. The zero-order valence-corrected chi connectivity index (χ0v) is 14.7. The van der Waals surface area contributed by atoms with Crippen LogP contribution in [-0.4, -0.2) is 44.1 Å². The van der Waals surface area contributed by atoms with Gasteiger partial charge in [0, 0.05) is 30.4 Å². The summed E-state index contributed by atoms with van der Waals surface area (Å²) in [7, 11) is -1.35. The fourth-order valence-corrected chi connectivity index (χ4v) is 2.88. The maximum Gasteiger partial charge on any atom is 0.238 e. The lowest BCUT2D eigenvalue weighted by Gasteiger charge is -2.24. The van der Waals surface area contributed by atoms with Crippen molar-refractivity contribution in [1.29, 1.82) is 0 Å². The third-order valence-corrected chi connectivity index (χ3v) is 4.94. The van der Waals surface area contributed by atoms with E-state index < -0.39 is 9.84 Å². The van der Waals surface area contributed by atoms with Gasteiger partial charge in [-0.2, -0.15) is 0 Å². The maximum absolute atomic E-state index is 12.1. The number of hydrogen-bond acceptors (Lipinski definition) is 5. The first kappa shape index (κ1) is 18.1. The standard InChI is InChI=1S/C17H21N3O3S/c1-13(14-4-6-16(7-5-14)24(3,22)23)20(2)12-17(21)19-15-8-10-18-11-9-15/h4-11,13H,12H2,1-3H3,(H,18,19,21). The van der Waals surface area contributed by atoms with E-state index in [1.807, 2.05) is 18.9 Å². The lowest BCUT2D eigenvalue weighted by atomic mass is 10.1. The van der Waals surface area contributed by atoms with E-state index in [4.69, 9.17) is 0 Å². The molecule has 1 N–H and O–H groups in total. The van der Waals surface area contributed by atoms with Gasteiger partial charge >= 0.3 is 0 Å². The van der Waals surface area contributed by atoms with E-state index in [0.717, 1.165) is 5.56 Å². The molecule has 2 rings (SSSR count). The SMILES string of the molecule is CC(c1ccc(S(C)(=O)=O)cc1)N(C)CC(=O)Nc1ccncc1. The van der Waals surface area contributed by atoms with Gasteiger partial charge in [0.2, 0.25) is 5.91 Å². The van der Waals surface area contributed by atoms with E-state index in [1.54, 1.807) is 48.8 Å². The Kier molecular flexibility index (Phi) is 5.69. The van der Waals surface area contributed by atoms with Gasteiger partial charge in [-0.15, -0.1) is 0 Å². The third-order valence-electron chi connectivity index (χ3n) is 3.81. The molecule has 128 valence electrons. The first-order chi connectivity index (χ1) is 11.3. The highest BCUT2D eigenvalue weighted by Gasteiger charge is 2.16. The molecule has 0 fully saturated rings. The van der Waals surface area contributed by atoms with Crippen molar-refractivity contribution < 1.29 is 13.2 Å². The van der Waals surface area contributed by atoms with E-state index in [2.05, 4.69) is 10.3 Å². The van der Waals surface area contributed by atoms with Crippen molar-refractivity contribution in [3.63, 3.8) is 0 Å². The summed E-state index contributed by atoms with van der Waals surface area (Å²) >= 11 is 0. The molecule has 1 aromatic heterocycles. The van der Waals surface area contributed by atoms with Gasteiger partial charge in [-0.25, -0.2) is 8.42 Å². The predicted octanol–water partition coefficient (Wildman–Crippen LogP) is 2.12. The smallest absolute Gasteiger partial charge is 0.238 e. The largest absolute Gasteiger partial charge is 0.325 e. The van der Waals surface area contributed by atoms with Crippen LogP contribution in [-0.2, 0) is 14.6 Å². The normalized spacial score (nSPS) is 12.8. The molecule has 0 saturated heterocycles. The topological polar surface area (TPSA) is 79.4 Å². The second-order valence-corrected chi connectivity index (χ2v) is 7.73. The molecule has 1 atom stereocenters. The molecule has 2 aromatic rings. The fraction of sp³-hybridized carbons (Fsp3) is 0.294. The summed E-state index contributed by atoms with van der Waals surface area (Å²) in [6, 6.07) is 10.2. The first-order valence-electron chi connectivity index (χ1n) is 7.47. The highest BCUT2D eigenvalue weighted by atomic mass is 32.2. The molecule has 1 heterocycles. The summed E-state index contributed by atoms with van der Waals surface area (Å²) in [5, 5.41) is 2.81. The molecule has 1 unspecified atom stereocenters. The number of nitrogens with one attached hydrogen (secondary N) is 1. The minimum Gasteiger partial charge on any atom is -0.325 e. The Bertz CT molecular complexity index is 790. The summed E-state index contributed by atoms with van der Waals surface area (Å²) in [5.74, 6) is -0.122. The Hall–Kier alpha value is -2.25. The van der Waals surface area contributed by atoms with E-state index in [9.17, 15) is 13.2 Å². The minimum absolute atomic E-state index is 0.0261. The number of carbonyl (C=O) groups is 1. The number of amides is 1. The molecule has 0 radical (unpaired) electrons. The van der Waals surface area contributed by atoms with Crippen molar-refractivity contribution in [1.82, 2.24) is 9.88 Å². The highest BCUT2D eigenvalue weighted by Crippen LogP contribution is 2.20. The quantitative estimate of drug-likeness (QED) is 0.866.